The average Bonchev–Trinajstić information content (AvgIpc) is 3.29. The third-order valence-electron chi connectivity index (χ3n) is 5.61. The number of thiazole rings is 1. The second-order valence-electron chi connectivity index (χ2n) is 8.56. The van der Waals surface area contributed by atoms with Crippen molar-refractivity contribution in [1.29, 1.82) is 0 Å². The molecule has 196 valence electrons. The molecule has 0 aliphatic carbocycles. The summed E-state index contributed by atoms with van der Waals surface area (Å²) < 4.78 is 44.9. The number of aryl methyl sites for hydroxylation is 2. The first-order valence-electron chi connectivity index (χ1n) is 11.6. The van der Waals surface area contributed by atoms with Crippen LogP contribution in [0.4, 0.5) is 10.8 Å². The molecule has 38 heavy (non-hydrogen) atoms. The van der Waals surface area contributed by atoms with Crippen LogP contribution in [0.5, 0.6) is 11.5 Å². The van der Waals surface area contributed by atoms with Crippen LogP contribution in [0.2, 0.25) is 0 Å². The fourth-order valence-electron chi connectivity index (χ4n) is 3.87. The molecule has 1 aliphatic heterocycles. The Morgan fingerprint density at radius 1 is 1.00 bits per heavy atom. The van der Waals surface area contributed by atoms with Crippen molar-refractivity contribution in [1.82, 2.24) is 4.98 Å². The zero-order chi connectivity index (χ0) is 26.9. The number of aromatic nitrogens is 1. The highest BCUT2D eigenvalue weighted by atomic mass is 32.2. The van der Waals surface area contributed by atoms with Crippen molar-refractivity contribution in [2.45, 2.75) is 18.7 Å². The molecule has 0 spiro atoms. The Hall–Kier alpha value is -4.16. The van der Waals surface area contributed by atoms with Gasteiger partial charge in [0.05, 0.1) is 20.7 Å². The van der Waals surface area contributed by atoms with E-state index in [0.29, 0.717) is 29.8 Å². The lowest BCUT2D eigenvalue weighted by atomic mass is 10.1. The van der Waals surface area contributed by atoms with Crippen LogP contribution in [0.1, 0.15) is 21.5 Å². The number of hydrogen-bond acceptors (Lipinski definition) is 9. The fourth-order valence-corrected chi connectivity index (χ4v) is 6.00. The number of carbonyl (C=O) groups excluding carboxylic acids is 2. The van der Waals surface area contributed by atoms with Crippen LogP contribution in [0.3, 0.4) is 0 Å². The first-order chi connectivity index (χ1) is 18.2. The minimum absolute atomic E-state index is 0.00895. The molecule has 0 saturated heterocycles. The van der Waals surface area contributed by atoms with Crippen LogP contribution < -0.4 is 19.5 Å². The lowest BCUT2D eigenvalue weighted by molar-refractivity contribution is -0.119. The van der Waals surface area contributed by atoms with Gasteiger partial charge in [0.2, 0.25) is 0 Å². The topological polar surface area (TPSA) is 133 Å². The normalized spacial score (nSPS) is 12.7. The number of sulfonamides is 1. The van der Waals surface area contributed by atoms with Gasteiger partial charge in [-0.2, -0.15) is 0 Å². The zero-order valence-corrected chi connectivity index (χ0v) is 22.1. The van der Waals surface area contributed by atoms with Gasteiger partial charge in [0.15, 0.2) is 23.2 Å². The molecule has 1 amide bonds. The number of benzene rings is 3. The first-order valence-corrected chi connectivity index (χ1v) is 13.9. The molecule has 0 atom stereocenters. The molecular formula is C26H23N3O7S2. The summed E-state index contributed by atoms with van der Waals surface area (Å²) in [5, 5.41) is 3.07. The Morgan fingerprint density at radius 3 is 2.50 bits per heavy atom. The van der Waals surface area contributed by atoms with Gasteiger partial charge in [-0.1, -0.05) is 17.4 Å². The molecule has 5 rings (SSSR count). The third-order valence-corrected chi connectivity index (χ3v) is 7.90. The number of fused-ring (bicyclic) bond motifs is 2. The highest BCUT2D eigenvalue weighted by Gasteiger charge is 2.20. The molecule has 0 bridgehead atoms. The van der Waals surface area contributed by atoms with E-state index in [1.165, 1.54) is 53.8 Å². The molecule has 0 unspecified atom stereocenters. The molecule has 2 heterocycles. The summed E-state index contributed by atoms with van der Waals surface area (Å²) in [6.45, 7) is 4.19. The largest absolute Gasteiger partial charge is 0.486 e. The number of ether oxygens (including phenoxy) is 3. The van der Waals surface area contributed by atoms with Crippen LogP contribution in [0.25, 0.3) is 10.2 Å². The average molecular weight is 554 g/mol. The van der Waals surface area contributed by atoms with Crippen LogP contribution in [0.15, 0.2) is 59.5 Å². The van der Waals surface area contributed by atoms with E-state index >= 15 is 0 Å². The zero-order valence-electron chi connectivity index (χ0n) is 20.4. The number of hydrogen-bond donors (Lipinski definition) is 2. The lowest BCUT2D eigenvalue weighted by Gasteiger charge is -2.19. The van der Waals surface area contributed by atoms with E-state index in [-0.39, 0.29) is 16.1 Å². The molecule has 12 heteroatoms. The lowest BCUT2D eigenvalue weighted by Crippen LogP contribution is -2.20. The number of carbonyl (C=O) groups is 2. The maximum atomic E-state index is 12.8. The number of esters is 1. The van der Waals surface area contributed by atoms with Gasteiger partial charge in [-0.3, -0.25) is 14.8 Å². The standard InChI is InChI=1S/C26H23N3O7S2/c1-15-11-16(2)24-22(12-15)37-26(28-24)27-23(30)14-36-25(31)17-3-5-18(6-4-17)29-38(32,33)19-7-8-20-21(13-19)35-10-9-34-20/h3-8,11-13,29H,9-10,14H2,1-2H3,(H,27,28,30). The Balaban J connectivity index is 1.17. The number of amides is 1. The predicted octanol–water partition coefficient (Wildman–Crippen LogP) is 4.28. The second kappa shape index (κ2) is 10.3. The molecule has 0 saturated carbocycles. The minimum atomic E-state index is -3.91. The SMILES string of the molecule is Cc1cc(C)c2nc(NC(=O)COC(=O)c3ccc(NS(=O)(=O)c4ccc5c(c4)OCCO5)cc3)sc2c1. The van der Waals surface area contributed by atoms with E-state index < -0.39 is 28.5 Å². The highest BCUT2D eigenvalue weighted by molar-refractivity contribution is 7.92. The van der Waals surface area contributed by atoms with Gasteiger partial charge in [-0.25, -0.2) is 18.2 Å². The fraction of sp³-hybridized carbons (Fsp3) is 0.192. The molecule has 0 radical (unpaired) electrons. The molecule has 4 aromatic rings. The molecule has 2 N–H and O–H groups in total. The summed E-state index contributed by atoms with van der Waals surface area (Å²) in [7, 11) is -3.91. The monoisotopic (exact) mass is 553 g/mol. The van der Waals surface area contributed by atoms with Crippen LogP contribution in [-0.4, -0.2) is 45.1 Å². The van der Waals surface area contributed by atoms with Crippen molar-refractivity contribution in [3.63, 3.8) is 0 Å². The first kappa shape index (κ1) is 25.5. The van der Waals surface area contributed by atoms with Crippen molar-refractivity contribution in [2.24, 2.45) is 0 Å². The van der Waals surface area contributed by atoms with Gasteiger partial charge < -0.3 is 14.2 Å². The van der Waals surface area contributed by atoms with Crippen molar-refractivity contribution in [3.8, 4) is 11.5 Å². The quantitative estimate of drug-likeness (QED) is 0.324. The van der Waals surface area contributed by atoms with Gasteiger partial charge in [0.1, 0.15) is 13.2 Å². The number of anilines is 2. The van der Waals surface area contributed by atoms with Crippen LogP contribution in [0, 0.1) is 13.8 Å². The van der Waals surface area contributed by atoms with Crippen LogP contribution >= 0.6 is 11.3 Å². The Kier molecular flexibility index (Phi) is 6.91. The van der Waals surface area contributed by atoms with Crippen LogP contribution in [-0.2, 0) is 19.6 Å². The molecule has 0 fully saturated rings. The molecule has 3 aromatic carbocycles. The Morgan fingerprint density at radius 2 is 1.74 bits per heavy atom. The second-order valence-corrected chi connectivity index (χ2v) is 11.3. The van der Waals surface area contributed by atoms with Crippen molar-refractivity contribution >= 4 is 54.3 Å². The van der Waals surface area contributed by atoms with Crippen molar-refractivity contribution in [3.05, 3.63) is 71.3 Å². The summed E-state index contributed by atoms with van der Waals surface area (Å²) in [6, 6.07) is 14.0. The maximum absolute atomic E-state index is 12.8. The van der Waals surface area contributed by atoms with E-state index in [4.69, 9.17) is 14.2 Å². The minimum Gasteiger partial charge on any atom is -0.486 e. The van der Waals surface area contributed by atoms with Crippen molar-refractivity contribution in [2.75, 3.05) is 29.9 Å². The van der Waals surface area contributed by atoms with Gasteiger partial charge in [-0.15, -0.1) is 0 Å². The third kappa shape index (κ3) is 5.55. The summed E-state index contributed by atoms with van der Waals surface area (Å²) in [5.74, 6) is -0.403. The van der Waals surface area contributed by atoms with Gasteiger partial charge >= 0.3 is 5.97 Å². The Labute approximate surface area is 222 Å². The van der Waals surface area contributed by atoms with E-state index in [0.717, 1.165) is 21.3 Å². The highest BCUT2D eigenvalue weighted by Crippen LogP contribution is 2.33. The summed E-state index contributed by atoms with van der Waals surface area (Å²) >= 11 is 1.34. The van der Waals surface area contributed by atoms with Gasteiger partial charge in [0.25, 0.3) is 15.9 Å². The van der Waals surface area contributed by atoms with E-state index in [1.54, 1.807) is 0 Å². The van der Waals surface area contributed by atoms with Gasteiger partial charge in [-0.05, 0) is 67.4 Å². The molecule has 10 nitrogen and oxygen atoms in total. The predicted molar refractivity (Wildman–Crippen MR) is 143 cm³/mol. The molecule has 1 aliphatic rings. The summed E-state index contributed by atoms with van der Waals surface area (Å²) in [6.07, 6.45) is 0. The number of rotatable bonds is 7. The van der Waals surface area contributed by atoms with E-state index in [2.05, 4.69) is 15.0 Å². The van der Waals surface area contributed by atoms with Gasteiger partial charge in [0, 0.05) is 11.8 Å². The molecule has 1 aromatic heterocycles. The Bertz CT molecular complexity index is 1650. The summed E-state index contributed by atoms with van der Waals surface area (Å²) in [4.78, 5) is 29.1. The smallest absolute Gasteiger partial charge is 0.338 e. The van der Waals surface area contributed by atoms with E-state index in [9.17, 15) is 18.0 Å². The van der Waals surface area contributed by atoms with E-state index in [1.807, 2.05) is 26.0 Å². The van der Waals surface area contributed by atoms with Crippen molar-refractivity contribution < 1.29 is 32.2 Å². The maximum Gasteiger partial charge on any atom is 0.338 e. The molecular weight excluding hydrogens is 530 g/mol. The number of nitrogens with one attached hydrogen (secondary N) is 2. The summed E-state index contributed by atoms with van der Waals surface area (Å²) in [5.41, 5.74) is 3.34. The number of nitrogens with zero attached hydrogens (tertiary/aromatic N) is 1.